The molecule has 1 aromatic carbocycles. The van der Waals surface area contributed by atoms with Crippen molar-refractivity contribution in [1.82, 2.24) is 4.57 Å². The molecule has 1 aromatic heterocycles. The van der Waals surface area contributed by atoms with Crippen LogP contribution in [-0.4, -0.2) is 4.57 Å². The summed E-state index contributed by atoms with van der Waals surface area (Å²) in [5, 5.41) is 0. The van der Waals surface area contributed by atoms with Gasteiger partial charge in [0.25, 0.3) is 5.82 Å². The van der Waals surface area contributed by atoms with Crippen LogP contribution < -0.4 is 4.57 Å². The number of benzene rings is 1. The molecule has 2 heteroatoms. The lowest BCUT2D eigenvalue weighted by atomic mass is 10.0. The Hall–Kier alpha value is -1.57. The van der Waals surface area contributed by atoms with Gasteiger partial charge in [0.05, 0.1) is 13.1 Å². The predicted octanol–water partition coefficient (Wildman–Crippen LogP) is 9.23. The zero-order chi connectivity index (χ0) is 24.1. The molecule has 2 nitrogen and oxygen atoms in total. The van der Waals surface area contributed by atoms with Gasteiger partial charge in [-0.25, -0.2) is 9.13 Å². The van der Waals surface area contributed by atoms with Crippen LogP contribution in [0.2, 0.25) is 0 Å². The predicted molar refractivity (Wildman–Crippen MR) is 148 cm³/mol. The summed E-state index contributed by atoms with van der Waals surface area (Å²) in [5.41, 5.74) is 1.46. The molecule has 1 heterocycles. The van der Waals surface area contributed by atoms with E-state index in [1.165, 1.54) is 140 Å². The van der Waals surface area contributed by atoms with Gasteiger partial charge >= 0.3 is 0 Å². The number of imidazole rings is 1. The van der Waals surface area contributed by atoms with Crippen molar-refractivity contribution in [3.8, 4) is 0 Å². The standard InChI is InChI=1S/C32H55N2/c1-3-5-6-7-8-9-10-11-12-13-14-15-16-17-21-27-33-29-30-34(32(33)23-4-2)28-22-26-31-24-19-18-20-25-31/h18-20,24-25,29-30H,3-17,21-23,26-28H2,1-2H3/q+1. The molecule has 0 radical (unpaired) electrons. The summed E-state index contributed by atoms with van der Waals surface area (Å²) in [6.07, 6.45) is 31.0. The Bertz CT molecular complexity index is 703. The van der Waals surface area contributed by atoms with Gasteiger partial charge in [-0.1, -0.05) is 128 Å². The van der Waals surface area contributed by atoms with E-state index in [2.05, 4.69) is 65.7 Å². The van der Waals surface area contributed by atoms with Crippen LogP contribution in [0.5, 0.6) is 0 Å². The van der Waals surface area contributed by atoms with Crippen LogP contribution in [0.1, 0.15) is 134 Å². The molecular weight excluding hydrogens is 412 g/mol. The monoisotopic (exact) mass is 467 g/mol. The van der Waals surface area contributed by atoms with E-state index in [0.29, 0.717) is 0 Å². The zero-order valence-corrected chi connectivity index (χ0v) is 22.8. The highest BCUT2D eigenvalue weighted by molar-refractivity contribution is 5.14. The molecule has 0 aliphatic heterocycles. The first kappa shape index (κ1) is 28.7. The Kier molecular flexibility index (Phi) is 16.6. The smallest absolute Gasteiger partial charge is 0.234 e. The van der Waals surface area contributed by atoms with E-state index in [4.69, 9.17) is 0 Å². The van der Waals surface area contributed by atoms with E-state index >= 15 is 0 Å². The maximum Gasteiger partial charge on any atom is 0.256 e. The fourth-order valence-electron chi connectivity index (χ4n) is 5.17. The molecule has 0 saturated carbocycles. The van der Waals surface area contributed by atoms with Crippen molar-refractivity contribution in [3.63, 3.8) is 0 Å². The quantitative estimate of drug-likeness (QED) is 0.120. The minimum absolute atomic E-state index is 1.14. The number of nitrogens with zero attached hydrogens (tertiary/aromatic N) is 2. The van der Waals surface area contributed by atoms with E-state index < -0.39 is 0 Å². The SMILES string of the molecule is CCCCCCCCCCCCCCCCCn1cc[n+](CCCc2ccccc2)c1CCC. The van der Waals surface area contributed by atoms with E-state index in [9.17, 15) is 0 Å². The van der Waals surface area contributed by atoms with Crippen LogP contribution in [0, 0.1) is 0 Å². The fourth-order valence-corrected chi connectivity index (χ4v) is 5.17. The van der Waals surface area contributed by atoms with E-state index in [1.54, 1.807) is 0 Å². The van der Waals surface area contributed by atoms with E-state index in [-0.39, 0.29) is 0 Å². The second-order valence-corrected chi connectivity index (χ2v) is 10.4. The van der Waals surface area contributed by atoms with Crippen molar-refractivity contribution in [2.45, 2.75) is 149 Å². The minimum Gasteiger partial charge on any atom is -0.234 e. The van der Waals surface area contributed by atoms with Crippen LogP contribution >= 0.6 is 0 Å². The molecule has 0 spiro atoms. The number of aromatic nitrogens is 2. The van der Waals surface area contributed by atoms with Gasteiger partial charge in [-0.05, 0) is 37.7 Å². The van der Waals surface area contributed by atoms with Crippen LogP contribution in [-0.2, 0) is 25.9 Å². The van der Waals surface area contributed by atoms with Gasteiger partial charge in [0.15, 0.2) is 0 Å². The van der Waals surface area contributed by atoms with Gasteiger partial charge < -0.3 is 0 Å². The molecule has 34 heavy (non-hydrogen) atoms. The summed E-state index contributed by atoms with van der Waals surface area (Å²) in [7, 11) is 0. The normalized spacial score (nSPS) is 11.4. The second-order valence-electron chi connectivity index (χ2n) is 10.4. The molecule has 2 rings (SSSR count). The van der Waals surface area contributed by atoms with Crippen LogP contribution in [0.25, 0.3) is 0 Å². The topological polar surface area (TPSA) is 8.81 Å². The van der Waals surface area contributed by atoms with Crippen LogP contribution in [0.15, 0.2) is 42.7 Å². The zero-order valence-electron chi connectivity index (χ0n) is 22.8. The minimum atomic E-state index is 1.14. The van der Waals surface area contributed by atoms with E-state index in [1.807, 2.05) is 0 Å². The molecule has 0 aliphatic rings. The molecule has 0 saturated heterocycles. The van der Waals surface area contributed by atoms with Gasteiger partial charge in [-0.2, -0.15) is 0 Å². The number of unbranched alkanes of at least 4 members (excludes halogenated alkanes) is 14. The van der Waals surface area contributed by atoms with Crippen molar-refractivity contribution in [2.24, 2.45) is 0 Å². The highest BCUT2D eigenvalue weighted by atomic mass is 15.1. The number of aryl methyl sites for hydroxylation is 3. The fraction of sp³-hybridized carbons (Fsp3) is 0.719. The molecular formula is C32H55N2+. The maximum atomic E-state index is 2.54. The third kappa shape index (κ3) is 12.8. The van der Waals surface area contributed by atoms with E-state index in [0.717, 1.165) is 6.54 Å². The molecule has 0 bridgehead atoms. The summed E-state index contributed by atoms with van der Waals surface area (Å²) in [5.74, 6) is 1.53. The lowest BCUT2D eigenvalue weighted by molar-refractivity contribution is -0.704. The van der Waals surface area contributed by atoms with Gasteiger partial charge in [0, 0.05) is 6.42 Å². The van der Waals surface area contributed by atoms with Crippen molar-refractivity contribution in [2.75, 3.05) is 0 Å². The van der Waals surface area contributed by atoms with Crippen LogP contribution in [0.4, 0.5) is 0 Å². The Labute approximate surface area is 212 Å². The third-order valence-electron chi connectivity index (χ3n) is 7.27. The summed E-state index contributed by atoms with van der Waals surface area (Å²) in [4.78, 5) is 0. The maximum absolute atomic E-state index is 2.54. The molecule has 0 fully saturated rings. The first-order chi connectivity index (χ1) is 16.8. The highest BCUT2D eigenvalue weighted by Gasteiger charge is 2.15. The van der Waals surface area contributed by atoms with Gasteiger partial charge in [-0.15, -0.1) is 0 Å². The molecule has 0 amide bonds. The Morgan fingerprint density at radius 3 is 1.71 bits per heavy atom. The Morgan fingerprint density at radius 1 is 0.588 bits per heavy atom. The first-order valence-electron chi connectivity index (χ1n) is 15.0. The molecule has 0 atom stereocenters. The lowest BCUT2D eigenvalue weighted by Gasteiger charge is -2.06. The third-order valence-corrected chi connectivity index (χ3v) is 7.27. The van der Waals surface area contributed by atoms with Crippen molar-refractivity contribution in [1.29, 1.82) is 0 Å². The van der Waals surface area contributed by atoms with Crippen LogP contribution in [0.3, 0.4) is 0 Å². The molecule has 0 aliphatic carbocycles. The van der Waals surface area contributed by atoms with Crippen molar-refractivity contribution >= 4 is 0 Å². The van der Waals surface area contributed by atoms with Gasteiger partial charge in [0.2, 0.25) is 0 Å². The molecule has 0 N–H and O–H groups in total. The first-order valence-corrected chi connectivity index (χ1v) is 15.0. The average molecular weight is 468 g/mol. The van der Waals surface area contributed by atoms with Gasteiger partial charge in [0.1, 0.15) is 12.4 Å². The second kappa shape index (κ2) is 19.7. The Morgan fingerprint density at radius 2 is 1.15 bits per heavy atom. The number of hydrogen-bond acceptors (Lipinski definition) is 0. The molecule has 2 aromatic rings. The highest BCUT2D eigenvalue weighted by Crippen LogP contribution is 2.14. The molecule has 192 valence electrons. The van der Waals surface area contributed by atoms with Crippen molar-refractivity contribution in [3.05, 3.63) is 54.1 Å². The number of hydrogen-bond donors (Lipinski definition) is 0. The van der Waals surface area contributed by atoms with Gasteiger partial charge in [-0.3, -0.25) is 0 Å². The Balaban J connectivity index is 1.50. The largest absolute Gasteiger partial charge is 0.256 e. The number of rotatable bonds is 22. The average Bonchev–Trinajstić information content (AvgIpc) is 3.24. The summed E-state index contributed by atoms with van der Waals surface area (Å²) < 4.78 is 5.05. The summed E-state index contributed by atoms with van der Waals surface area (Å²) >= 11 is 0. The van der Waals surface area contributed by atoms with Crippen molar-refractivity contribution < 1.29 is 4.57 Å². The molecule has 0 unspecified atom stereocenters. The summed E-state index contributed by atoms with van der Waals surface area (Å²) in [6, 6.07) is 10.9. The lowest BCUT2D eigenvalue weighted by Crippen LogP contribution is -2.37. The summed E-state index contributed by atoms with van der Waals surface area (Å²) in [6.45, 7) is 6.93.